The first kappa shape index (κ1) is 20.0. The third-order valence-electron chi connectivity index (χ3n) is 4.98. The lowest BCUT2D eigenvalue weighted by Gasteiger charge is -2.18. The van der Waals surface area contributed by atoms with Gasteiger partial charge in [0, 0.05) is 32.3 Å². The van der Waals surface area contributed by atoms with Crippen molar-refractivity contribution < 1.29 is 13.2 Å². The molecule has 1 atom stereocenters. The maximum Gasteiger partial charge on any atom is 0.340 e. The number of anilines is 1. The third kappa shape index (κ3) is 4.77. The molecular weight excluding hydrogens is 366 g/mol. The Bertz CT molecular complexity index is 908. The van der Waals surface area contributed by atoms with Gasteiger partial charge >= 0.3 is 10.0 Å². The minimum atomic E-state index is -2.89. The van der Waals surface area contributed by atoms with Crippen molar-refractivity contribution in [2.45, 2.75) is 51.5 Å². The van der Waals surface area contributed by atoms with Crippen LogP contribution in [-0.4, -0.2) is 49.5 Å². The van der Waals surface area contributed by atoms with E-state index in [9.17, 15) is 8.42 Å². The summed E-state index contributed by atoms with van der Waals surface area (Å²) in [5, 5.41) is 0. The summed E-state index contributed by atoms with van der Waals surface area (Å²) in [5.74, 6) is 1.48. The molecular formula is C18H30N5O3S+. The van der Waals surface area contributed by atoms with Crippen LogP contribution in [0.1, 0.15) is 42.8 Å². The van der Waals surface area contributed by atoms with Crippen molar-refractivity contribution in [2.75, 3.05) is 32.3 Å². The van der Waals surface area contributed by atoms with E-state index in [1.807, 2.05) is 0 Å². The summed E-state index contributed by atoms with van der Waals surface area (Å²) in [6.07, 6.45) is 8.00. The average Bonchev–Trinajstić information content (AvgIpc) is 2.98. The Hall–Kier alpha value is -1.71. The van der Waals surface area contributed by atoms with Gasteiger partial charge in [-0.05, 0) is 44.1 Å². The standard InChI is InChI=1S/C18H29N5O3S/c1-26-12-9-15-22-16-17(13-7-3-4-8-14(13)21-18(16)19)23(15)11-6-5-10-20-27(2,24)25/h3-12H2,1-2H3,(H2,19,21)(H,20,24,25)/p+1. The average molecular weight is 397 g/mol. The van der Waals surface area contributed by atoms with Crippen LogP contribution in [0.5, 0.6) is 0 Å². The van der Waals surface area contributed by atoms with Crippen LogP contribution in [0.25, 0.3) is 11.0 Å². The quantitative estimate of drug-likeness (QED) is 0.493. The first-order chi connectivity index (χ1) is 12.9. The zero-order valence-corrected chi connectivity index (χ0v) is 17.0. The summed E-state index contributed by atoms with van der Waals surface area (Å²) >= 11 is 0. The second-order valence-electron chi connectivity index (χ2n) is 7.15. The Morgan fingerprint density at radius 3 is 2.81 bits per heavy atom. The summed E-state index contributed by atoms with van der Waals surface area (Å²) in [6, 6.07) is 0. The molecule has 27 heavy (non-hydrogen) atoms. The third-order valence-corrected chi connectivity index (χ3v) is 5.72. The van der Waals surface area contributed by atoms with Gasteiger partial charge in [0.15, 0.2) is 5.82 Å². The monoisotopic (exact) mass is 396 g/mol. The zero-order valence-electron chi connectivity index (χ0n) is 16.2. The Labute approximate surface area is 160 Å². The second kappa shape index (κ2) is 8.53. The van der Waals surface area contributed by atoms with Crippen LogP contribution in [0, 0.1) is 0 Å². The van der Waals surface area contributed by atoms with E-state index >= 15 is 0 Å². The van der Waals surface area contributed by atoms with E-state index < -0.39 is 10.0 Å². The number of ether oxygens (including phenoxy) is 1. The van der Waals surface area contributed by atoms with Crippen LogP contribution in [-0.2, 0) is 40.6 Å². The van der Waals surface area contributed by atoms with E-state index in [0.29, 0.717) is 19.0 Å². The number of aromatic nitrogens is 3. The van der Waals surface area contributed by atoms with Gasteiger partial charge in [0.2, 0.25) is 0 Å². The number of hydrogen-bond acceptors (Lipinski definition) is 5. The highest BCUT2D eigenvalue weighted by Gasteiger charge is 2.22. The molecule has 0 amide bonds. The first-order valence-corrected chi connectivity index (χ1v) is 11.4. The van der Waals surface area contributed by atoms with Gasteiger partial charge in [0.05, 0.1) is 12.1 Å². The fourth-order valence-corrected chi connectivity index (χ4v) is 4.25. The first-order valence-electron chi connectivity index (χ1n) is 9.52. The predicted molar refractivity (Wildman–Crippen MR) is 107 cm³/mol. The van der Waals surface area contributed by atoms with E-state index in [0.717, 1.165) is 74.0 Å². The molecule has 0 aromatic carbocycles. The highest BCUT2D eigenvalue weighted by atomic mass is 32.2. The topological polar surface area (TPSA) is 116 Å². The van der Waals surface area contributed by atoms with Crippen molar-refractivity contribution in [1.29, 1.82) is 0 Å². The van der Waals surface area contributed by atoms with E-state index in [-0.39, 0.29) is 0 Å². The Morgan fingerprint density at radius 2 is 2.07 bits per heavy atom. The number of hydrogen-bond donors (Lipinski definition) is 2. The van der Waals surface area contributed by atoms with Crippen LogP contribution in [0.15, 0.2) is 0 Å². The molecule has 9 heteroatoms. The number of aryl methyl sites for hydroxylation is 3. The number of methoxy groups -OCH3 is 1. The SMILES string of the molecule is COCCc1nc2c(N)nc3c(c2n1CCCCNS(C)(=O)=[OH+])CCCC3. The molecule has 0 radical (unpaired) electrons. The smallest absolute Gasteiger partial charge is 0.340 e. The summed E-state index contributed by atoms with van der Waals surface area (Å²) < 4.78 is 30.8. The van der Waals surface area contributed by atoms with Crippen molar-refractivity contribution in [1.82, 2.24) is 19.3 Å². The molecule has 1 aliphatic rings. The van der Waals surface area contributed by atoms with Crippen molar-refractivity contribution in [3.8, 4) is 0 Å². The molecule has 8 nitrogen and oxygen atoms in total. The molecule has 2 aromatic rings. The lowest BCUT2D eigenvalue weighted by atomic mass is 9.95. The maximum atomic E-state index is 11.3. The molecule has 0 saturated carbocycles. The molecule has 2 aromatic heterocycles. The molecule has 3 rings (SSSR count). The molecule has 0 spiro atoms. The number of nitrogens with one attached hydrogen (secondary N) is 1. The summed E-state index contributed by atoms with van der Waals surface area (Å²) in [4.78, 5) is 9.40. The number of nitrogens with two attached hydrogens (primary N) is 1. The fraction of sp³-hybridized carbons (Fsp3) is 0.667. The van der Waals surface area contributed by atoms with E-state index in [1.165, 1.54) is 11.8 Å². The Morgan fingerprint density at radius 1 is 1.30 bits per heavy atom. The summed E-state index contributed by atoms with van der Waals surface area (Å²) in [6.45, 7) is 1.90. The van der Waals surface area contributed by atoms with Crippen molar-refractivity contribution in [2.24, 2.45) is 0 Å². The van der Waals surface area contributed by atoms with Gasteiger partial charge in [-0.15, -0.1) is 0 Å². The van der Waals surface area contributed by atoms with Gasteiger partial charge in [0.1, 0.15) is 17.6 Å². The normalized spacial score (nSPS) is 16.4. The minimum Gasteiger partial charge on any atom is -0.384 e. The molecule has 0 bridgehead atoms. The van der Waals surface area contributed by atoms with Crippen molar-refractivity contribution in [3.63, 3.8) is 0 Å². The van der Waals surface area contributed by atoms with Gasteiger partial charge in [-0.2, -0.15) is 8.93 Å². The number of unbranched alkanes of at least 4 members (excludes halogenated alkanes) is 1. The Balaban J connectivity index is 1.89. The van der Waals surface area contributed by atoms with E-state index in [4.69, 9.17) is 15.5 Å². The lowest BCUT2D eigenvalue weighted by Crippen LogP contribution is -2.23. The van der Waals surface area contributed by atoms with Gasteiger partial charge in [0.25, 0.3) is 0 Å². The van der Waals surface area contributed by atoms with Crippen LogP contribution in [0.3, 0.4) is 0 Å². The summed E-state index contributed by atoms with van der Waals surface area (Å²) in [7, 11) is -1.20. The van der Waals surface area contributed by atoms with Crippen LogP contribution in [0.2, 0.25) is 0 Å². The van der Waals surface area contributed by atoms with E-state index in [1.54, 1.807) is 7.11 Å². The highest BCUT2D eigenvalue weighted by Crippen LogP contribution is 2.31. The number of imidazole rings is 1. The molecule has 1 unspecified atom stereocenters. The molecule has 2 heterocycles. The predicted octanol–water partition coefficient (Wildman–Crippen LogP) is 1.57. The van der Waals surface area contributed by atoms with E-state index in [2.05, 4.69) is 14.3 Å². The fourth-order valence-electron chi connectivity index (χ4n) is 3.73. The molecule has 0 saturated heterocycles. The largest absolute Gasteiger partial charge is 0.384 e. The van der Waals surface area contributed by atoms with Gasteiger partial charge in [-0.1, -0.05) is 0 Å². The van der Waals surface area contributed by atoms with Gasteiger partial charge in [-0.3, -0.25) is 0 Å². The molecule has 0 aliphatic heterocycles. The van der Waals surface area contributed by atoms with Gasteiger partial charge < -0.3 is 15.0 Å². The number of nitrogens with zero attached hydrogens (tertiary/aromatic N) is 3. The minimum absolute atomic E-state index is 0.508. The van der Waals surface area contributed by atoms with Crippen molar-refractivity contribution >= 4 is 26.9 Å². The number of rotatable bonds is 9. The van der Waals surface area contributed by atoms with Crippen molar-refractivity contribution in [3.05, 3.63) is 17.1 Å². The van der Waals surface area contributed by atoms with Crippen LogP contribution >= 0.6 is 0 Å². The molecule has 1 aliphatic carbocycles. The molecule has 0 fully saturated rings. The number of pyridine rings is 1. The summed E-state index contributed by atoms with van der Waals surface area (Å²) in [5.41, 5.74) is 10.5. The number of fused-ring (bicyclic) bond motifs is 3. The van der Waals surface area contributed by atoms with Crippen LogP contribution < -0.4 is 10.5 Å². The molecule has 4 N–H and O–H groups in total. The molecule has 150 valence electrons. The highest BCUT2D eigenvalue weighted by molar-refractivity contribution is 7.88. The lowest BCUT2D eigenvalue weighted by molar-refractivity contribution is 0.199. The van der Waals surface area contributed by atoms with Crippen LogP contribution in [0.4, 0.5) is 5.82 Å². The van der Waals surface area contributed by atoms with Gasteiger partial charge in [-0.25, -0.2) is 14.2 Å². The zero-order chi connectivity index (χ0) is 19.4. The maximum absolute atomic E-state index is 11.3. The second-order valence-corrected chi connectivity index (χ2v) is 9.05. The number of nitrogen functional groups attached to an aromatic ring is 1. The Kier molecular flexibility index (Phi) is 6.33.